The third kappa shape index (κ3) is 3.94. The number of aromatic nitrogens is 5. The van der Waals surface area contributed by atoms with Gasteiger partial charge in [0.1, 0.15) is 6.54 Å². The number of amides is 1. The Kier molecular flexibility index (Phi) is 5.89. The van der Waals surface area contributed by atoms with E-state index < -0.39 is 11.2 Å². The fourth-order valence-corrected chi connectivity index (χ4v) is 4.66. The van der Waals surface area contributed by atoms with Crippen molar-refractivity contribution in [2.75, 3.05) is 32.1 Å². The fourth-order valence-electron chi connectivity index (χ4n) is 3.38. The van der Waals surface area contributed by atoms with E-state index >= 15 is 0 Å². The lowest BCUT2D eigenvalue weighted by atomic mass is 10.3. The van der Waals surface area contributed by atoms with Crippen LogP contribution in [-0.2, 0) is 25.4 Å². The highest BCUT2D eigenvalue weighted by Crippen LogP contribution is 2.31. The number of nitrogens with zero attached hydrogens (tertiary/aromatic N) is 7. The molecule has 32 heavy (non-hydrogen) atoms. The average Bonchev–Trinajstić information content (AvgIpc) is 3.34. The number of hydrogen-bond acceptors (Lipinski definition) is 7. The number of carbonyl (C=O) groups is 1. The number of benzene rings is 1. The van der Waals surface area contributed by atoms with Crippen LogP contribution in [0.4, 0.5) is 5.13 Å². The Morgan fingerprint density at radius 2 is 1.91 bits per heavy atom. The average molecular weight is 476 g/mol. The van der Waals surface area contributed by atoms with Crippen LogP contribution in [0.15, 0.2) is 34.1 Å². The molecular formula is C20H22ClN7O3S. The van der Waals surface area contributed by atoms with E-state index in [9.17, 15) is 14.4 Å². The Balaban J connectivity index is 1.73. The molecule has 0 aliphatic rings. The second-order valence-electron chi connectivity index (χ2n) is 7.71. The second kappa shape index (κ2) is 8.49. The summed E-state index contributed by atoms with van der Waals surface area (Å²) in [5.41, 5.74) is 0.226. The van der Waals surface area contributed by atoms with Gasteiger partial charge < -0.3 is 9.47 Å². The van der Waals surface area contributed by atoms with Crippen molar-refractivity contribution in [1.82, 2.24) is 28.6 Å². The third-order valence-electron chi connectivity index (χ3n) is 5.16. The predicted octanol–water partition coefficient (Wildman–Crippen LogP) is 1.29. The lowest BCUT2D eigenvalue weighted by Gasteiger charge is -2.22. The van der Waals surface area contributed by atoms with Crippen molar-refractivity contribution in [1.29, 1.82) is 0 Å². The first-order valence-corrected chi connectivity index (χ1v) is 11.0. The fraction of sp³-hybridized carbons (Fsp3) is 0.350. The van der Waals surface area contributed by atoms with Gasteiger partial charge in [-0.2, -0.15) is 0 Å². The van der Waals surface area contributed by atoms with Crippen LogP contribution in [0.25, 0.3) is 21.4 Å². The zero-order valence-electron chi connectivity index (χ0n) is 18.1. The molecule has 1 amide bonds. The molecule has 12 heteroatoms. The molecule has 0 saturated heterocycles. The van der Waals surface area contributed by atoms with E-state index in [0.29, 0.717) is 23.2 Å². The molecule has 0 spiro atoms. The van der Waals surface area contributed by atoms with Gasteiger partial charge in [0.25, 0.3) is 5.56 Å². The summed E-state index contributed by atoms with van der Waals surface area (Å²) in [7, 11) is 6.79. The monoisotopic (exact) mass is 475 g/mol. The van der Waals surface area contributed by atoms with Gasteiger partial charge in [-0.1, -0.05) is 22.9 Å². The lowest BCUT2D eigenvalue weighted by molar-refractivity contribution is -0.119. The molecule has 1 aromatic carbocycles. The van der Waals surface area contributed by atoms with Gasteiger partial charge in [-0.05, 0) is 32.3 Å². The molecule has 4 rings (SSSR count). The number of hydrogen-bond donors (Lipinski definition) is 0. The number of imidazole rings is 1. The predicted molar refractivity (Wildman–Crippen MR) is 126 cm³/mol. The summed E-state index contributed by atoms with van der Waals surface area (Å²) in [4.78, 5) is 50.6. The standard InChI is InChI=1S/C20H22ClN7O3S/c1-24(2)7-8-28(19-23-13-6-5-12(21)9-14(13)32-19)15(29)10-27-11-22-17-16(27)18(30)26(4)20(31)25(17)3/h5-6,9,11H,7-8,10H2,1-4H3. The Bertz CT molecular complexity index is 1450. The number of aryl methyl sites for hydroxylation is 1. The Morgan fingerprint density at radius 1 is 1.16 bits per heavy atom. The summed E-state index contributed by atoms with van der Waals surface area (Å²) in [6.45, 7) is 0.930. The van der Waals surface area contributed by atoms with Crippen LogP contribution in [0.3, 0.4) is 0 Å². The zero-order chi connectivity index (χ0) is 23.2. The Labute approximate surface area is 191 Å². The maximum atomic E-state index is 13.4. The minimum absolute atomic E-state index is 0.117. The summed E-state index contributed by atoms with van der Waals surface area (Å²) in [6, 6.07) is 5.40. The van der Waals surface area contributed by atoms with Gasteiger partial charge in [0.05, 0.1) is 16.5 Å². The normalized spacial score (nSPS) is 11.7. The molecule has 3 aromatic heterocycles. The molecule has 10 nitrogen and oxygen atoms in total. The molecular weight excluding hydrogens is 454 g/mol. The molecule has 3 heterocycles. The zero-order valence-corrected chi connectivity index (χ0v) is 19.6. The van der Waals surface area contributed by atoms with Gasteiger partial charge in [0.15, 0.2) is 16.3 Å². The summed E-state index contributed by atoms with van der Waals surface area (Å²) >= 11 is 7.48. The van der Waals surface area contributed by atoms with Gasteiger partial charge in [-0.3, -0.25) is 23.6 Å². The summed E-state index contributed by atoms with van der Waals surface area (Å²) in [5.74, 6) is -0.243. The van der Waals surface area contributed by atoms with Crippen LogP contribution in [-0.4, -0.2) is 61.7 Å². The van der Waals surface area contributed by atoms with E-state index in [0.717, 1.165) is 14.8 Å². The van der Waals surface area contributed by atoms with E-state index in [2.05, 4.69) is 9.97 Å². The van der Waals surface area contributed by atoms with Gasteiger partial charge in [-0.25, -0.2) is 14.8 Å². The minimum atomic E-state index is -0.497. The van der Waals surface area contributed by atoms with Crippen molar-refractivity contribution in [3.63, 3.8) is 0 Å². The molecule has 0 N–H and O–H groups in total. The number of likely N-dealkylation sites (N-methyl/N-ethyl adjacent to an activating group) is 1. The number of anilines is 1. The van der Waals surface area contributed by atoms with E-state index in [1.165, 1.54) is 33.8 Å². The van der Waals surface area contributed by atoms with Gasteiger partial charge in [0.2, 0.25) is 5.91 Å². The van der Waals surface area contributed by atoms with E-state index in [-0.39, 0.29) is 23.6 Å². The Hall–Kier alpha value is -3.02. The van der Waals surface area contributed by atoms with Crippen LogP contribution in [0, 0.1) is 0 Å². The summed E-state index contributed by atoms with van der Waals surface area (Å²) in [5, 5.41) is 1.16. The van der Waals surface area contributed by atoms with Crippen LogP contribution in [0.2, 0.25) is 5.02 Å². The molecule has 0 saturated carbocycles. The van der Waals surface area contributed by atoms with Crippen molar-refractivity contribution < 1.29 is 4.79 Å². The lowest BCUT2D eigenvalue weighted by Crippen LogP contribution is -2.40. The van der Waals surface area contributed by atoms with Gasteiger partial charge in [0, 0.05) is 32.2 Å². The molecule has 0 bridgehead atoms. The van der Waals surface area contributed by atoms with Gasteiger partial charge >= 0.3 is 5.69 Å². The van der Waals surface area contributed by atoms with Gasteiger partial charge in [-0.15, -0.1) is 0 Å². The topological polar surface area (TPSA) is 98.3 Å². The number of halogens is 1. The SMILES string of the molecule is CN(C)CCN(C(=O)Cn1cnc2c1c(=O)n(C)c(=O)n2C)c1nc2ccc(Cl)cc2s1. The number of rotatable bonds is 6. The number of thiazole rings is 1. The molecule has 4 aromatic rings. The van der Waals surface area contributed by atoms with E-state index in [4.69, 9.17) is 11.6 Å². The minimum Gasteiger partial charge on any atom is -0.315 e. The van der Waals surface area contributed by atoms with Crippen LogP contribution in [0.5, 0.6) is 0 Å². The highest BCUT2D eigenvalue weighted by Gasteiger charge is 2.23. The van der Waals surface area contributed by atoms with Crippen LogP contribution < -0.4 is 16.1 Å². The molecule has 0 atom stereocenters. The molecule has 0 aliphatic carbocycles. The van der Waals surface area contributed by atoms with Crippen molar-refractivity contribution >= 4 is 55.4 Å². The first-order valence-electron chi connectivity index (χ1n) is 9.79. The van der Waals surface area contributed by atoms with Crippen molar-refractivity contribution in [2.24, 2.45) is 14.1 Å². The maximum Gasteiger partial charge on any atom is 0.332 e. The second-order valence-corrected chi connectivity index (χ2v) is 9.15. The molecule has 0 unspecified atom stereocenters. The quantitative estimate of drug-likeness (QED) is 0.417. The summed E-state index contributed by atoms with van der Waals surface area (Å²) < 4.78 is 4.66. The van der Waals surface area contributed by atoms with Crippen LogP contribution in [0.1, 0.15) is 0 Å². The molecule has 168 valence electrons. The Morgan fingerprint density at radius 3 is 2.62 bits per heavy atom. The molecule has 0 aliphatic heterocycles. The number of carbonyl (C=O) groups excluding carboxylic acids is 1. The molecule has 0 fully saturated rings. The van der Waals surface area contributed by atoms with Crippen LogP contribution >= 0.6 is 22.9 Å². The largest absolute Gasteiger partial charge is 0.332 e. The van der Waals surface area contributed by atoms with Crippen molar-refractivity contribution in [3.05, 3.63) is 50.4 Å². The highest BCUT2D eigenvalue weighted by molar-refractivity contribution is 7.22. The first kappa shape index (κ1) is 22.2. The van der Waals surface area contributed by atoms with E-state index in [1.807, 2.05) is 31.1 Å². The highest BCUT2D eigenvalue weighted by atomic mass is 35.5. The van der Waals surface area contributed by atoms with E-state index in [1.54, 1.807) is 18.0 Å². The first-order chi connectivity index (χ1) is 15.2. The van der Waals surface area contributed by atoms with Crippen molar-refractivity contribution in [3.8, 4) is 0 Å². The maximum absolute atomic E-state index is 13.4. The molecule has 0 radical (unpaired) electrons. The smallest absolute Gasteiger partial charge is 0.315 e. The number of fused-ring (bicyclic) bond motifs is 2. The summed E-state index contributed by atoms with van der Waals surface area (Å²) in [6.07, 6.45) is 1.41. The third-order valence-corrected chi connectivity index (χ3v) is 6.44. The van der Waals surface area contributed by atoms with Crippen molar-refractivity contribution in [2.45, 2.75) is 6.54 Å².